The van der Waals surface area contributed by atoms with Crippen LogP contribution in [0.3, 0.4) is 0 Å². The van der Waals surface area contributed by atoms with Gasteiger partial charge in [0.25, 0.3) is 0 Å². The molecule has 0 radical (unpaired) electrons. The number of likely N-dealkylation sites (N-methyl/N-ethyl adjacent to an activating group) is 1. The van der Waals surface area contributed by atoms with E-state index in [1.54, 1.807) is 6.20 Å². The summed E-state index contributed by atoms with van der Waals surface area (Å²) in [5, 5.41) is 3.03. The van der Waals surface area contributed by atoms with Gasteiger partial charge >= 0.3 is 0 Å². The summed E-state index contributed by atoms with van der Waals surface area (Å²) < 4.78 is 2.04. The van der Waals surface area contributed by atoms with Crippen LogP contribution in [0.1, 0.15) is 17.8 Å². The summed E-state index contributed by atoms with van der Waals surface area (Å²) >= 11 is 0. The Morgan fingerprint density at radius 3 is 2.68 bits per heavy atom. The van der Waals surface area contributed by atoms with Crippen molar-refractivity contribution in [2.75, 3.05) is 39.8 Å². The van der Waals surface area contributed by atoms with Crippen LogP contribution in [0.25, 0.3) is 5.69 Å². The molecule has 1 aromatic carbocycles. The molecule has 1 amide bonds. The zero-order valence-electron chi connectivity index (χ0n) is 15.1. The van der Waals surface area contributed by atoms with E-state index in [0.29, 0.717) is 13.1 Å². The summed E-state index contributed by atoms with van der Waals surface area (Å²) in [6, 6.07) is 8.22. The fraction of sp³-hybridized carbons (Fsp3) is 0.474. The van der Waals surface area contributed by atoms with Gasteiger partial charge in [-0.2, -0.15) is 0 Å². The molecule has 2 aromatic rings. The number of amides is 1. The monoisotopic (exact) mass is 341 g/mol. The molecule has 3 rings (SSSR count). The van der Waals surface area contributed by atoms with E-state index in [1.807, 2.05) is 17.7 Å². The number of imidazole rings is 1. The van der Waals surface area contributed by atoms with Crippen molar-refractivity contribution < 1.29 is 4.79 Å². The van der Waals surface area contributed by atoms with Gasteiger partial charge < -0.3 is 14.8 Å². The van der Waals surface area contributed by atoms with Gasteiger partial charge in [0.15, 0.2) is 0 Å². The molecule has 6 nitrogen and oxygen atoms in total. The maximum absolute atomic E-state index is 12.2. The number of hydrogen-bond acceptors (Lipinski definition) is 4. The molecule has 0 spiro atoms. The highest BCUT2D eigenvalue weighted by atomic mass is 16.2. The first-order valence-corrected chi connectivity index (χ1v) is 8.89. The summed E-state index contributed by atoms with van der Waals surface area (Å²) in [5.41, 5.74) is 2.18. The Morgan fingerprint density at radius 1 is 1.16 bits per heavy atom. The lowest BCUT2D eigenvalue weighted by molar-refractivity contribution is -0.122. The van der Waals surface area contributed by atoms with Crippen LogP contribution in [0.2, 0.25) is 0 Å². The van der Waals surface area contributed by atoms with Gasteiger partial charge in [-0.25, -0.2) is 4.98 Å². The first kappa shape index (κ1) is 17.6. The van der Waals surface area contributed by atoms with Crippen LogP contribution in [-0.4, -0.2) is 65.0 Å². The minimum Gasteiger partial charge on any atom is -0.351 e. The van der Waals surface area contributed by atoms with Gasteiger partial charge in [-0.15, -0.1) is 0 Å². The lowest BCUT2D eigenvalue weighted by Gasteiger charge is -2.19. The van der Waals surface area contributed by atoms with Gasteiger partial charge in [-0.1, -0.05) is 12.1 Å². The third-order valence-corrected chi connectivity index (χ3v) is 4.71. The second kappa shape index (κ2) is 8.27. The van der Waals surface area contributed by atoms with Crippen LogP contribution in [0.5, 0.6) is 0 Å². The van der Waals surface area contributed by atoms with Crippen molar-refractivity contribution in [3.63, 3.8) is 0 Å². The number of carbonyl (C=O) groups excluding carboxylic acids is 1. The second-order valence-electron chi connectivity index (χ2n) is 6.72. The van der Waals surface area contributed by atoms with Gasteiger partial charge in [-0.3, -0.25) is 9.69 Å². The summed E-state index contributed by atoms with van der Waals surface area (Å²) in [5.74, 6) is 1.06. The quantitative estimate of drug-likeness (QED) is 0.894. The van der Waals surface area contributed by atoms with E-state index in [2.05, 4.69) is 51.4 Å². The summed E-state index contributed by atoms with van der Waals surface area (Å²) in [7, 11) is 2.14. The molecule has 1 N–H and O–H groups in total. The molecule has 1 fully saturated rings. The van der Waals surface area contributed by atoms with Crippen molar-refractivity contribution in [3.05, 3.63) is 48.0 Å². The number of aromatic nitrogens is 2. The van der Waals surface area contributed by atoms with Gasteiger partial charge in [0.1, 0.15) is 5.82 Å². The Hall–Kier alpha value is -2.18. The van der Waals surface area contributed by atoms with Crippen molar-refractivity contribution in [3.8, 4) is 5.69 Å². The molecule has 0 atom stereocenters. The Morgan fingerprint density at radius 2 is 1.96 bits per heavy atom. The van der Waals surface area contributed by atoms with E-state index in [9.17, 15) is 4.79 Å². The molecular weight excluding hydrogens is 314 g/mol. The molecular formula is C19H27N5O. The van der Waals surface area contributed by atoms with Crippen molar-refractivity contribution in [2.24, 2.45) is 0 Å². The highest BCUT2D eigenvalue weighted by Gasteiger charge is 2.14. The predicted molar refractivity (Wildman–Crippen MR) is 98.7 cm³/mol. The Kier molecular flexibility index (Phi) is 5.83. The van der Waals surface area contributed by atoms with Crippen LogP contribution in [-0.2, 0) is 11.3 Å². The van der Waals surface area contributed by atoms with Crippen molar-refractivity contribution in [1.29, 1.82) is 0 Å². The molecule has 0 aliphatic carbocycles. The molecule has 134 valence electrons. The van der Waals surface area contributed by atoms with E-state index < -0.39 is 0 Å². The van der Waals surface area contributed by atoms with Crippen molar-refractivity contribution in [1.82, 2.24) is 24.7 Å². The highest BCUT2D eigenvalue weighted by molar-refractivity contribution is 5.78. The van der Waals surface area contributed by atoms with Crippen molar-refractivity contribution in [2.45, 2.75) is 19.9 Å². The molecule has 1 aliphatic heterocycles. The minimum atomic E-state index is 0.0964. The maximum atomic E-state index is 12.2. The molecule has 1 aromatic heterocycles. The van der Waals surface area contributed by atoms with Crippen LogP contribution in [0.15, 0.2) is 36.7 Å². The molecule has 25 heavy (non-hydrogen) atoms. The average molecular weight is 341 g/mol. The molecule has 0 bridgehead atoms. The largest absolute Gasteiger partial charge is 0.351 e. The zero-order chi connectivity index (χ0) is 17.6. The maximum Gasteiger partial charge on any atom is 0.234 e. The number of nitrogens with one attached hydrogen (secondary N) is 1. The fourth-order valence-corrected chi connectivity index (χ4v) is 3.14. The highest BCUT2D eigenvalue weighted by Crippen LogP contribution is 2.11. The third kappa shape index (κ3) is 4.90. The zero-order valence-corrected chi connectivity index (χ0v) is 15.1. The second-order valence-corrected chi connectivity index (χ2v) is 6.72. The normalized spacial score (nSPS) is 16.6. The summed E-state index contributed by atoms with van der Waals surface area (Å²) in [4.78, 5) is 21.0. The average Bonchev–Trinajstić information content (AvgIpc) is 2.93. The van der Waals surface area contributed by atoms with Gasteiger partial charge in [0, 0.05) is 37.7 Å². The number of nitrogens with zero attached hydrogens (tertiary/aromatic N) is 4. The predicted octanol–water partition coefficient (Wildman–Crippen LogP) is 1.43. The number of carbonyl (C=O) groups is 1. The van der Waals surface area contributed by atoms with E-state index in [0.717, 1.165) is 49.7 Å². The lowest BCUT2D eigenvalue weighted by atomic mass is 10.2. The van der Waals surface area contributed by atoms with E-state index in [-0.39, 0.29) is 5.91 Å². The molecule has 0 saturated carbocycles. The summed E-state index contributed by atoms with van der Waals surface area (Å²) in [6.07, 6.45) is 4.87. The molecule has 1 saturated heterocycles. The van der Waals surface area contributed by atoms with Crippen LogP contribution in [0.4, 0.5) is 0 Å². The van der Waals surface area contributed by atoms with Crippen LogP contribution >= 0.6 is 0 Å². The van der Waals surface area contributed by atoms with E-state index >= 15 is 0 Å². The SMILES string of the molecule is Cc1nccn1-c1ccc(CNC(=O)CN2CCCN(C)CC2)cc1. The summed E-state index contributed by atoms with van der Waals surface area (Å²) in [6.45, 7) is 7.13. The van der Waals surface area contributed by atoms with Gasteiger partial charge in [0.05, 0.1) is 6.54 Å². The van der Waals surface area contributed by atoms with Crippen LogP contribution in [0, 0.1) is 6.92 Å². The minimum absolute atomic E-state index is 0.0964. The fourth-order valence-electron chi connectivity index (χ4n) is 3.14. The van der Waals surface area contributed by atoms with Crippen LogP contribution < -0.4 is 5.32 Å². The lowest BCUT2D eigenvalue weighted by Crippen LogP contribution is -2.38. The first-order valence-electron chi connectivity index (χ1n) is 8.89. The number of rotatable bonds is 5. The third-order valence-electron chi connectivity index (χ3n) is 4.71. The molecule has 6 heteroatoms. The number of benzene rings is 1. The number of aryl methyl sites for hydroxylation is 1. The standard InChI is InChI=1S/C19H27N5O/c1-16-20-8-11-24(16)18-6-4-17(5-7-18)14-21-19(25)15-23-10-3-9-22(2)12-13-23/h4-8,11H,3,9-10,12-15H2,1-2H3,(H,21,25). The van der Waals surface area contributed by atoms with Gasteiger partial charge in [-0.05, 0) is 51.2 Å². The topological polar surface area (TPSA) is 53.4 Å². The van der Waals surface area contributed by atoms with E-state index in [1.165, 1.54) is 0 Å². The van der Waals surface area contributed by atoms with Gasteiger partial charge in [0.2, 0.25) is 5.91 Å². The van der Waals surface area contributed by atoms with E-state index in [4.69, 9.17) is 0 Å². The molecule has 1 aliphatic rings. The first-order chi connectivity index (χ1) is 12.1. The Labute approximate surface area is 149 Å². The Balaban J connectivity index is 1.48. The number of hydrogen-bond donors (Lipinski definition) is 1. The Bertz CT molecular complexity index is 694. The molecule has 2 heterocycles. The van der Waals surface area contributed by atoms with Crippen molar-refractivity contribution >= 4 is 5.91 Å². The smallest absolute Gasteiger partial charge is 0.234 e. The molecule has 0 unspecified atom stereocenters.